The standard InChI is InChI=1S/C15H12ClNO2/c16-11-5-3-4-10(8-11)9-17-14(18)12-6-1-2-7-13(12)15(17)19/h1-8,14,18H,9H2. The third kappa shape index (κ3) is 2.11. The van der Waals surface area contributed by atoms with E-state index in [2.05, 4.69) is 0 Å². The maximum Gasteiger partial charge on any atom is 0.256 e. The fourth-order valence-electron chi connectivity index (χ4n) is 2.34. The normalized spacial score (nSPS) is 17.7. The number of carbonyl (C=O) groups is 1. The highest BCUT2D eigenvalue weighted by Crippen LogP contribution is 2.32. The first-order chi connectivity index (χ1) is 9.16. The lowest BCUT2D eigenvalue weighted by Gasteiger charge is -2.21. The number of hydrogen-bond acceptors (Lipinski definition) is 2. The van der Waals surface area contributed by atoms with Crippen LogP contribution in [0.5, 0.6) is 0 Å². The summed E-state index contributed by atoms with van der Waals surface area (Å²) in [5.41, 5.74) is 2.12. The minimum absolute atomic E-state index is 0.150. The van der Waals surface area contributed by atoms with E-state index < -0.39 is 6.23 Å². The molecule has 3 rings (SSSR count). The van der Waals surface area contributed by atoms with E-state index in [0.717, 1.165) is 5.56 Å². The zero-order valence-electron chi connectivity index (χ0n) is 10.1. The average Bonchev–Trinajstić information content (AvgIpc) is 2.65. The van der Waals surface area contributed by atoms with E-state index in [1.165, 1.54) is 4.90 Å². The number of carbonyl (C=O) groups excluding carboxylic acids is 1. The summed E-state index contributed by atoms with van der Waals surface area (Å²) in [6, 6.07) is 14.4. The summed E-state index contributed by atoms with van der Waals surface area (Å²) in [4.78, 5) is 13.7. The summed E-state index contributed by atoms with van der Waals surface area (Å²) in [6.45, 7) is 0.342. The Hall–Kier alpha value is -1.84. The van der Waals surface area contributed by atoms with Crippen LogP contribution in [0.1, 0.15) is 27.7 Å². The first-order valence-electron chi connectivity index (χ1n) is 5.99. The second kappa shape index (κ2) is 4.68. The van der Waals surface area contributed by atoms with Crippen molar-refractivity contribution in [1.29, 1.82) is 0 Å². The highest BCUT2D eigenvalue weighted by atomic mass is 35.5. The first-order valence-corrected chi connectivity index (χ1v) is 6.37. The summed E-state index contributed by atoms with van der Waals surface area (Å²) in [5, 5.41) is 10.8. The van der Waals surface area contributed by atoms with Crippen LogP contribution in [0.2, 0.25) is 5.02 Å². The minimum Gasteiger partial charge on any atom is -0.369 e. The molecular weight excluding hydrogens is 262 g/mol. The van der Waals surface area contributed by atoms with Gasteiger partial charge in [0.05, 0.1) is 0 Å². The summed E-state index contributed by atoms with van der Waals surface area (Å²) in [6.07, 6.45) is -0.886. The SMILES string of the molecule is O=C1c2ccccc2C(O)N1Cc1cccc(Cl)c1. The molecule has 0 aliphatic carbocycles. The van der Waals surface area contributed by atoms with Gasteiger partial charge >= 0.3 is 0 Å². The third-order valence-corrected chi connectivity index (χ3v) is 3.50. The molecule has 0 spiro atoms. The number of aliphatic hydroxyl groups is 1. The average molecular weight is 274 g/mol. The predicted octanol–water partition coefficient (Wildman–Crippen LogP) is 2.99. The van der Waals surface area contributed by atoms with E-state index in [9.17, 15) is 9.90 Å². The molecule has 1 aliphatic rings. The molecular formula is C15H12ClNO2. The van der Waals surface area contributed by atoms with Gasteiger partial charge in [0, 0.05) is 22.7 Å². The van der Waals surface area contributed by atoms with E-state index >= 15 is 0 Å². The van der Waals surface area contributed by atoms with E-state index in [4.69, 9.17) is 11.6 Å². The Morgan fingerprint density at radius 1 is 1.16 bits per heavy atom. The number of benzene rings is 2. The Labute approximate surface area is 116 Å². The molecule has 96 valence electrons. The quantitative estimate of drug-likeness (QED) is 0.914. The smallest absolute Gasteiger partial charge is 0.256 e. The Morgan fingerprint density at radius 2 is 1.95 bits per heavy atom. The molecule has 1 N–H and O–H groups in total. The van der Waals surface area contributed by atoms with Crippen LogP contribution in [0.15, 0.2) is 48.5 Å². The second-order valence-corrected chi connectivity index (χ2v) is 4.96. The molecule has 1 amide bonds. The molecule has 0 bridgehead atoms. The van der Waals surface area contributed by atoms with E-state index in [0.29, 0.717) is 22.7 Å². The highest BCUT2D eigenvalue weighted by Gasteiger charge is 2.34. The molecule has 2 aromatic carbocycles. The van der Waals surface area contributed by atoms with Gasteiger partial charge in [-0.05, 0) is 23.8 Å². The van der Waals surface area contributed by atoms with Gasteiger partial charge in [-0.15, -0.1) is 0 Å². The molecule has 3 nitrogen and oxygen atoms in total. The predicted molar refractivity (Wildman–Crippen MR) is 72.7 cm³/mol. The van der Waals surface area contributed by atoms with Crippen molar-refractivity contribution in [2.45, 2.75) is 12.8 Å². The number of nitrogens with zero attached hydrogens (tertiary/aromatic N) is 1. The van der Waals surface area contributed by atoms with Crippen LogP contribution >= 0.6 is 11.6 Å². The van der Waals surface area contributed by atoms with Crippen molar-refractivity contribution < 1.29 is 9.90 Å². The van der Waals surface area contributed by atoms with Crippen molar-refractivity contribution in [2.24, 2.45) is 0 Å². The Morgan fingerprint density at radius 3 is 2.68 bits per heavy atom. The number of halogens is 1. The number of amides is 1. The van der Waals surface area contributed by atoms with Crippen LogP contribution in [-0.4, -0.2) is 15.9 Å². The lowest BCUT2D eigenvalue weighted by Crippen LogP contribution is -2.27. The fraction of sp³-hybridized carbons (Fsp3) is 0.133. The van der Waals surface area contributed by atoms with Crippen molar-refractivity contribution in [2.75, 3.05) is 0 Å². The van der Waals surface area contributed by atoms with Gasteiger partial charge in [-0.25, -0.2) is 0 Å². The molecule has 0 aromatic heterocycles. The van der Waals surface area contributed by atoms with Gasteiger partial charge < -0.3 is 10.0 Å². The maximum atomic E-state index is 12.2. The zero-order chi connectivity index (χ0) is 13.4. The molecule has 0 radical (unpaired) electrons. The van der Waals surface area contributed by atoms with Gasteiger partial charge in [0.15, 0.2) is 6.23 Å². The van der Waals surface area contributed by atoms with E-state index in [1.54, 1.807) is 30.3 Å². The highest BCUT2D eigenvalue weighted by molar-refractivity contribution is 6.30. The van der Waals surface area contributed by atoms with Gasteiger partial charge in [-0.1, -0.05) is 41.9 Å². The Kier molecular flexibility index (Phi) is 3.01. The summed E-state index contributed by atoms with van der Waals surface area (Å²) < 4.78 is 0. The Bertz CT molecular complexity index is 642. The monoisotopic (exact) mass is 273 g/mol. The molecule has 1 unspecified atom stereocenters. The van der Waals surface area contributed by atoms with E-state index in [1.807, 2.05) is 18.2 Å². The largest absolute Gasteiger partial charge is 0.369 e. The molecule has 2 aromatic rings. The molecule has 0 saturated carbocycles. The van der Waals surface area contributed by atoms with Crippen molar-refractivity contribution in [3.8, 4) is 0 Å². The fourth-order valence-corrected chi connectivity index (χ4v) is 2.55. The maximum absolute atomic E-state index is 12.2. The minimum atomic E-state index is -0.886. The van der Waals surface area contributed by atoms with Crippen LogP contribution in [0, 0.1) is 0 Å². The van der Waals surface area contributed by atoms with E-state index in [-0.39, 0.29) is 5.91 Å². The third-order valence-electron chi connectivity index (χ3n) is 3.27. The van der Waals surface area contributed by atoms with Crippen LogP contribution in [0.4, 0.5) is 0 Å². The van der Waals surface area contributed by atoms with Crippen LogP contribution in [0.25, 0.3) is 0 Å². The van der Waals surface area contributed by atoms with Gasteiger partial charge in [0.25, 0.3) is 5.91 Å². The molecule has 1 heterocycles. The molecule has 1 aliphatic heterocycles. The van der Waals surface area contributed by atoms with Crippen molar-refractivity contribution in [3.05, 3.63) is 70.2 Å². The number of rotatable bonds is 2. The number of aliphatic hydroxyl groups excluding tert-OH is 1. The molecule has 0 fully saturated rings. The Balaban J connectivity index is 1.90. The lowest BCUT2D eigenvalue weighted by atomic mass is 10.1. The van der Waals surface area contributed by atoms with Gasteiger partial charge in [0.1, 0.15) is 0 Å². The summed E-state index contributed by atoms with van der Waals surface area (Å²) >= 11 is 5.93. The van der Waals surface area contributed by atoms with Gasteiger partial charge in [0.2, 0.25) is 0 Å². The zero-order valence-corrected chi connectivity index (χ0v) is 10.8. The van der Waals surface area contributed by atoms with Crippen molar-refractivity contribution in [1.82, 2.24) is 4.90 Å². The topological polar surface area (TPSA) is 40.5 Å². The van der Waals surface area contributed by atoms with Crippen LogP contribution in [0.3, 0.4) is 0 Å². The number of fused-ring (bicyclic) bond motifs is 1. The number of hydrogen-bond donors (Lipinski definition) is 1. The van der Waals surface area contributed by atoms with Crippen LogP contribution in [-0.2, 0) is 6.54 Å². The van der Waals surface area contributed by atoms with Crippen molar-refractivity contribution >= 4 is 17.5 Å². The van der Waals surface area contributed by atoms with Crippen LogP contribution < -0.4 is 0 Å². The second-order valence-electron chi connectivity index (χ2n) is 4.52. The first kappa shape index (κ1) is 12.2. The molecule has 19 heavy (non-hydrogen) atoms. The molecule has 1 atom stereocenters. The lowest BCUT2D eigenvalue weighted by molar-refractivity contribution is 0.0137. The molecule has 4 heteroatoms. The summed E-state index contributed by atoms with van der Waals surface area (Å²) in [7, 11) is 0. The van der Waals surface area contributed by atoms with Gasteiger partial charge in [-0.3, -0.25) is 4.79 Å². The summed E-state index contributed by atoms with van der Waals surface area (Å²) in [5.74, 6) is -0.150. The molecule has 0 saturated heterocycles. The van der Waals surface area contributed by atoms with Gasteiger partial charge in [-0.2, -0.15) is 0 Å². The van der Waals surface area contributed by atoms with Crippen molar-refractivity contribution in [3.63, 3.8) is 0 Å².